The van der Waals surface area contributed by atoms with E-state index in [1.165, 1.54) is 172 Å². The predicted molar refractivity (Wildman–Crippen MR) is 221 cm³/mol. The van der Waals surface area contributed by atoms with Gasteiger partial charge in [0.05, 0.1) is 13.7 Å². The lowest BCUT2D eigenvalue weighted by Crippen LogP contribution is -3.00. The Bertz CT molecular complexity index is 1060. The minimum Gasteiger partial charge on any atom is -1.00 e. The fourth-order valence-corrected chi connectivity index (χ4v) is 7.44. The van der Waals surface area contributed by atoms with Crippen molar-refractivity contribution in [3.8, 4) is 11.5 Å². The normalized spacial score (nSPS) is 11.2. The Kier molecular flexibility index (Phi) is 33.1. The fourth-order valence-electron chi connectivity index (χ4n) is 7.44. The van der Waals surface area contributed by atoms with Crippen LogP contribution in [0, 0.1) is 0 Å². The summed E-state index contributed by atoms with van der Waals surface area (Å²) in [6, 6.07) is 10.9. The molecule has 1 aromatic carbocycles. The van der Waals surface area contributed by atoms with Crippen molar-refractivity contribution in [2.45, 2.75) is 214 Å². The third-order valence-electron chi connectivity index (χ3n) is 10.6. The van der Waals surface area contributed by atoms with E-state index in [1.54, 1.807) is 7.11 Å². The zero-order chi connectivity index (χ0) is 36.5. The van der Waals surface area contributed by atoms with Gasteiger partial charge in [-0.05, 0) is 31.5 Å². The third kappa shape index (κ3) is 24.9. The van der Waals surface area contributed by atoms with Gasteiger partial charge in [0.15, 0.2) is 23.9 Å². The number of halogens is 1. The van der Waals surface area contributed by atoms with Gasteiger partial charge in [-0.1, -0.05) is 187 Å². The number of methoxy groups -OCH3 is 1. The maximum atomic E-state index is 6.52. The van der Waals surface area contributed by atoms with Crippen molar-refractivity contribution >= 4 is 0 Å². The van der Waals surface area contributed by atoms with Gasteiger partial charge in [0, 0.05) is 36.7 Å². The highest BCUT2D eigenvalue weighted by Gasteiger charge is 2.16. The van der Waals surface area contributed by atoms with Crippen molar-refractivity contribution in [1.29, 1.82) is 0 Å². The molecule has 0 saturated carbocycles. The highest BCUT2D eigenvalue weighted by Crippen LogP contribution is 2.33. The van der Waals surface area contributed by atoms with E-state index in [2.05, 4.69) is 73.0 Å². The number of para-hydroxylation sites is 1. The topological polar surface area (TPSA) is 25.6 Å². The average Bonchev–Trinajstić information content (AvgIpc) is 3.14. The van der Waals surface area contributed by atoms with Crippen LogP contribution in [0.5, 0.6) is 11.5 Å². The number of unbranched alkanes of at least 4 members (excludes halogenated alkanes) is 24. The SMILES string of the molecule is CCCCCCCCCCCCCCCCN(Cc1ccc[n+](CCC)c1)Cc1cccc(OC)c1OCCCCCCCCCCCCCC.[I-]. The Balaban J connectivity index is 0.0000135. The molecule has 5 heteroatoms. The summed E-state index contributed by atoms with van der Waals surface area (Å²) >= 11 is 0. The summed E-state index contributed by atoms with van der Waals surface area (Å²) in [5, 5.41) is 0. The summed E-state index contributed by atoms with van der Waals surface area (Å²) in [5.74, 6) is 1.81. The van der Waals surface area contributed by atoms with Gasteiger partial charge in [0.2, 0.25) is 0 Å². The van der Waals surface area contributed by atoms with Crippen molar-refractivity contribution in [3.05, 3.63) is 53.9 Å². The molecule has 0 aliphatic rings. The van der Waals surface area contributed by atoms with Crippen LogP contribution in [0.15, 0.2) is 42.7 Å². The molecule has 0 fully saturated rings. The Hall–Kier alpha value is -1.34. The quantitative estimate of drug-likeness (QED) is 0.0389. The molecule has 0 N–H and O–H groups in total. The van der Waals surface area contributed by atoms with Crippen LogP contribution >= 0.6 is 0 Å². The average molecular weight is 835 g/mol. The van der Waals surface area contributed by atoms with Crippen molar-refractivity contribution in [1.82, 2.24) is 4.90 Å². The molecule has 2 aromatic rings. The van der Waals surface area contributed by atoms with Crippen LogP contribution in [-0.2, 0) is 19.6 Å². The van der Waals surface area contributed by atoms with Crippen LogP contribution in [0.4, 0.5) is 0 Å². The van der Waals surface area contributed by atoms with E-state index in [1.807, 2.05) is 0 Å². The maximum Gasteiger partial charge on any atom is 0.173 e. The van der Waals surface area contributed by atoms with E-state index in [0.29, 0.717) is 0 Å². The monoisotopic (exact) mass is 835 g/mol. The van der Waals surface area contributed by atoms with Gasteiger partial charge in [0.1, 0.15) is 6.54 Å². The molecule has 0 atom stereocenters. The molecule has 0 amide bonds. The van der Waals surface area contributed by atoms with Gasteiger partial charge in [-0.25, -0.2) is 4.57 Å². The summed E-state index contributed by atoms with van der Waals surface area (Å²) in [4.78, 5) is 2.64. The number of rotatable bonds is 36. The summed E-state index contributed by atoms with van der Waals surface area (Å²) in [6.45, 7) is 11.6. The van der Waals surface area contributed by atoms with Crippen LogP contribution in [0.3, 0.4) is 0 Å². The second kappa shape index (κ2) is 35.4. The first-order chi connectivity index (χ1) is 25.2. The number of benzene rings is 1. The minimum atomic E-state index is 0. The molecule has 0 unspecified atom stereocenters. The zero-order valence-electron chi connectivity index (χ0n) is 34.8. The lowest BCUT2D eigenvalue weighted by atomic mass is 10.0. The lowest BCUT2D eigenvalue weighted by molar-refractivity contribution is -0.697. The number of aromatic nitrogens is 1. The fraction of sp³-hybridized carbons (Fsp3) is 0.766. The van der Waals surface area contributed by atoms with E-state index in [0.717, 1.165) is 57.1 Å². The standard InChI is InChI=1S/C47H83N2O2.HI/c1-5-8-10-12-14-16-18-20-21-22-24-26-28-30-38-49(42-44-34-33-39-48(41-44)37-7-3)43-45-35-32-36-46(50-4)47(45)51-40-31-29-27-25-23-19-17-15-13-11-9-6-2;/h32-36,39,41H,5-31,37-38,40,42-43H2,1-4H3;1H/q+1;/p-1. The van der Waals surface area contributed by atoms with Gasteiger partial charge in [-0.2, -0.15) is 0 Å². The number of hydrogen-bond acceptors (Lipinski definition) is 3. The number of pyridine rings is 1. The molecular weight excluding hydrogens is 751 g/mol. The summed E-state index contributed by atoms with van der Waals surface area (Å²) in [6.07, 6.45) is 41.5. The second-order valence-corrected chi connectivity index (χ2v) is 15.4. The number of ether oxygens (including phenoxy) is 2. The Morgan fingerprint density at radius 1 is 0.538 bits per heavy atom. The first kappa shape index (κ1) is 48.7. The predicted octanol–water partition coefficient (Wildman–Crippen LogP) is 11.0. The third-order valence-corrected chi connectivity index (χ3v) is 10.6. The van der Waals surface area contributed by atoms with Crippen LogP contribution in [0.25, 0.3) is 0 Å². The minimum absolute atomic E-state index is 0. The van der Waals surface area contributed by atoms with E-state index < -0.39 is 0 Å². The van der Waals surface area contributed by atoms with Crippen LogP contribution in [-0.4, -0.2) is 25.2 Å². The van der Waals surface area contributed by atoms with Crippen molar-refractivity contribution in [2.24, 2.45) is 0 Å². The molecular formula is C47H83IN2O2. The van der Waals surface area contributed by atoms with Crippen LogP contribution in [0.1, 0.15) is 205 Å². The molecule has 0 radical (unpaired) electrons. The largest absolute Gasteiger partial charge is 1.00 e. The zero-order valence-corrected chi connectivity index (χ0v) is 36.9. The van der Waals surface area contributed by atoms with Gasteiger partial charge in [0.25, 0.3) is 0 Å². The number of nitrogens with zero attached hydrogens (tertiary/aromatic N) is 2. The second-order valence-electron chi connectivity index (χ2n) is 15.4. The van der Waals surface area contributed by atoms with Gasteiger partial charge in [-0.15, -0.1) is 0 Å². The Morgan fingerprint density at radius 2 is 1.04 bits per heavy atom. The number of aryl methyl sites for hydroxylation is 1. The molecule has 2 rings (SSSR count). The molecule has 52 heavy (non-hydrogen) atoms. The highest BCUT2D eigenvalue weighted by molar-refractivity contribution is 5.46. The molecule has 0 bridgehead atoms. The Morgan fingerprint density at radius 3 is 1.54 bits per heavy atom. The summed E-state index contributed by atoms with van der Waals surface area (Å²) in [7, 11) is 1.78. The molecule has 0 saturated heterocycles. The van der Waals surface area contributed by atoms with Gasteiger partial charge >= 0.3 is 0 Å². The lowest BCUT2D eigenvalue weighted by Gasteiger charge is -2.24. The molecule has 0 aliphatic heterocycles. The molecule has 300 valence electrons. The van der Waals surface area contributed by atoms with Crippen molar-refractivity contribution in [3.63, 3.8) is 0 Å². The van der Waals surface area contributed by atoms with E-state index in [-0.39, 0.29) is 24.0 Å². The molecule has 1 aromatic heterocycles. The van der Waals surface area contributed by atoms with Gasteiger partial charge in [-0.3, -0.25) is 4.90 Å². The summed E-state index contributed by atoms with van der Waals surface area (Å²) in [5.41, 5.74) is 2.63. The first-order valence-corrected chi connectivity index (χ1v) is 22.2. The smallest absolute Gasteiger partial charge is 0.173 e. The molecule has 0 aliphatic carbocycles. The molecule has 0 spiro atoms. The van der Waals surface area contributed by atoms with Gasteiger partial charge < -0.3 is 33.5 Å². The van der Waals surface area contributed by atoms with Crippen LogP contribution in [0.2, 0.25) is 0 Å². The molecule has 4 nitrogen and oxygen atoms in total. The van der Waals surface area contributed by atoms with E-state index >= 15 is 0 Å². The highest BCUT2D eigenvalue weighted by atomic mass is 127. The van der Waals surface area contributed by atoms with Crippen molar-refractivity contribution in [2.75, 3.05) is 20.3 Å². The van der Waals surface area contributed by atoms with Crippen molar-refractivity contribution < 1.29 is 38.0 Å². The Labute approximate surface area is 340 Å². The van der Waals surface area contributed by atoms with E-state index in [4.69, 9.17) is 9.47 Å². The molecule has 1 heterocycles. The first-order valence-electron chi connectivity index (χ1n) is 22.2. The van der Waals surface area contributed by atoms with Crippen LogP contribution < -0.4 is 38.0 Å². The summed E-state index contributed by atoms with van der Waals surface area (Å²) < 4.78 is 14.7. The van der Waals surface area contributed by atoms with E-state index in [9.17, 15) is 0 Å². The maximum absolute atomic E-state index is 6.52. The number of hydrogen-bond donors (Lipinski definition) is 0.